The largest absolute Gasteiger partial charge is 0 e. The fourth-order valence-corrected chi connectivity index (χ4v) is 1.36. The molecule has 0 atom stereocenters. The maximum atomic E-state index is 7.50. The first-order valence-corrected chi connectivity index (χ1v) is 4.13. The van der Waals surface area contributed by atoms with Gasteiger partial charge in [-0.25, -0.2) is 4.58 Å². The summed E-state index contributed by atoms with van der Waals surface area (Å²) in [6.07, 6.45) is 3.29. The molecule has 0 saturated carbocycles. The van der Waals surface area contributed by atoms with E-state index in [0.717, 1.165) is 6.42 Å². The normalized spacial score (nSPS) is 9.00. The summed E-state index contributed by atoms with van der Waals surface area (Å²) in [4.78, 5) is 0. The van der Waals surface area contributed by atoms with Gasteiger partial charge in [-0.15, -0.1) is 0 Å². The van der Waals surface area contributed by atoms with Gasteiger partial charge in [0.05, 0.1) is 6.42 Å². The van der Waals surface area contributed by atoms with Crippen molar-refractivity contribution < 1.29 is 35.9 Å². The summed E-state index contributed by atoms with van der Waals surface area (Å²) in [6, 6.07) is 8.49. The number of hydrogen-bond donors (Lipinski definition) is 0. The van der Waals surface area contributed by atoms with Crippen LogP contribution in [0, 0.1) is 20.0 Å². The van der Waals surface area contributed by atoms with Crippen molar-refractivity contribution in [2.45, 2.75) is 6.42 Å². The molecular formula is C12H10CrNO3+. The minimum absolute atomic E-state index is 0. The Morgan fingerprint density at radius 2 is 1.47 bits per heavy atom. The van der Waals surface area contributed by atoms with E-state index in [1.807, 2.05) is 0 Å². The summed E-state index contributed by atoms with van der Waals surface area (Å²) in [5, 5.41) is 0. The number of para-hydroxylation sites is 1. The third-order valence-electron chi connectivity index (χ3n) is 1.96. The fraction of sp³-hybridized carbons (Fsp3) is 0.167. The van der Waals surface area contributed by atoms with E-state index in [9.17, 15) is 0 Å². The first kappa shape index (κ1) is 21.0. The van der Waals surface area contributed by atoms with Gasteiger partial charge in [0.1, 0.15) is 13.3 Å². The van der Waals surface area contributed by atoms with Crippen LogP contribution in [0.25, 0.3) is 0 Å². The molecule has 4 nitrogen and oxygen atoms in total. The van der Waals surface area contributed by atoms with Gasteiger partial charge in [-0.2, -0.15) is 0 Å². The molecule has 0 bridgehead atoms. The molecule has 5 heteroatoms. The van der Waals surface area contributed by atoms with Gasteiger partial charge in [-0.1, -0.05) is 18.2 Å². The van der Waals surface area contributed by atoms with Gasteiger partial charge in [0.2, 0.25) is 5.69 Å². The van der Waals surface area contributed by atoms with E-state index in [1.165, 1.54) is 11.3 Å². The number of rotatable bonds is 0. The molecule has 0 aliphatic carbocycles. The molecule has 1 aliphatic heterocycles. The van der Waals surface area contributed by atoms with Crippen molar-refractivity contribution in [1.82, 2.24) is 0 Å². The fourth-order valence-electron chi connectivity index (χ4n) is 1.36. The molecule has 0 unspecified atom stereocenters. The second-order valence-electron chi connectivity index (χ2n) is 2.63. The molecule has 1 heterocycles. The van der Waals surface area contributed by atoms with Crippen molar-refractivity contribution in [2.75, 3.05) is 7.05 Å². The van der Waals surface area contributed by atoms with E-state index in [2.05, 4.69) is 62.1 Å². The topological polar surface area (TPSA) is 62.7 Å². The van der Waals surface area contributed by atoms with E-state index in [4.69, 9.17) is 14.0 Å². The second kappa shape index (κ2) is 14.6. The predicted molar refractivity (Wildman–Crippen MR) is 53.8 cm³/mol. The summed E-state index contributed by atoms with van der Waals surface area (Å²) in [5.74, 6) is 0. The number of fused-ring (bicyclic) bond motifs is 1. The molecule has 0 spiro atoms. The first-order valence-electron chi connectivity index (χ1n) is 4.13. The molecule has 0 fully saturated rings. The summed E-state index contributed by atoms with van der Waals surface area (Å²) >= 11 is 0. The molecule has 0 radical (unpaired) electrons. The standard InChI is InChI=1S/C9H10N.3CO.Cr/c1-10-7-6-8-4-2-3-5-9(8)10;3*1-2;/h2-5,7H,6H2,1H3;;;;/q+1;;;;. The van der Waals surface area contributed by atoms with Crippen LogP contribution in [0.4, 0.5) is 5.69 Å². The van der Waals surface area contributed by atoms with Gasteiger partial charge in [0.25, 0.3) is 0 Å². The van der Waals surface area contributed by atoms with Gasteiger partial charge >= 0.3 is 33.9 Å². The minimum atomic E-state index is 0. The van der Waals surface area contributed by atoms with Crippen LogP contribution >= 0.6 is 0 Å². The Morgan fingerprint density at radius 1 is 1.00 bits per heavy atom. The molecule has 0 aromatic heterocycles. The number of benzene rings is 1. The summed E-state index contributed by atoms with van der Waals surface area (Å²) in [6.45, 7) is 13.5. The zero-order valence-electron chi connectivity index (χ0n) is 9.17. The molecule has 0 saturated heterocycles. The molecule has 1 aromatic carbocycles. The van der Waals surface area contributed by atoms with Gasteiger partial charge in [0.15, 0.2) is 0 Å². The average molecular weight is 268 g/mol. The van der Waals surface area contributed by atoms with Gasteiger partial charge in [-0.05, 0) is 0 Å². The molecular weight excluding hydrogens is 258 g/mol. The van der Waals surface area contributed by atoms with E-state index >= 15 is 0 Å². The Bertz CT molecular complexity index is 393. The zero-order chi connectivity index (χ0) is 13.0. The van der Waals surface area contributed by atoms with E-state index < -0.39 is 0 Å². The maximum absolute atomic E-state index is 7.50. The van der Waals surface area contributed by atoms with Crippen molar-refractivity contribution in [1.29, 1.82) is 0 Å². The smallest absolute Gasteiger partial charge is 0 e. The molecule has 0 N–H and O–H groups in total. The number of nitrogens with zero attached hydrogens (tertiary/aromatic N) is 1. The first-order chi connectivity index (χ1) is 7.88. The van der Waals surface area contributed by atoms with Crippen molar-refractivity contribution >= 4 is 11.9 Å². The average Bonchev–Trinajstić information content (AvgIpc) is 2.79. The van der Waals surface area contributed by atoms with Crippen LogP contribution in [0.15, 0.2) is 24.3 Å². The van der Waals surface area contributed by atoms with Crippen molar-refractivity contribution in [2.24, 2.45) is 0 Å². The van der Waals surface area contributed by atoms with Crippen LogP contribution in [0.2, 0.25) is 0 Å². The molecule has 86 valence electrons. The van der Waals surface area contributed by atoms with Gasteiger partial charge in [0, 0.05) is 29.0 Å². The van der Waals surface area contributed by atoms with Crippen LogP contribution in [0.3, 0.4) is 0 Å². The Kier molecular flexibility index (Phi) is 18.1. The Morgan fingerprint density at radius 3 is 1.94 bits per heavy atom. The van der Waals surface area contributed by atoms with Crippen LogP contribution in [0.5, 0.6) is 0 Å². The summed E-state index contributed by atoms with van der Waals surface area (Å²) in [5.41, 5.74) is 2.78. The van der Waals surface area contributed by atoms with Crippen molar-refractivity contribution in [3.63, 3.8) is 0 Å². The third kappa shape index (κ3) is 6.73. The Labute approximate surface area is 111 Å². The summed E-state index contributed by atoms with van der Waals surface area (Å²) < 4.78 is 24.7. The van der Waals surface area contributed by atoms with Gasteiger partial charge in [-0.3, -0.25) is 0 Å². The van der Waals surface area contributed by atoms with Crippen molar-refractivity contribution in [3.05, 3.63) is 49.8 Å². The van der Waals surface area contributed by atoms with E-state index in [1.54, 1.807) is 0 Å². The Balaban J connectivity index is -0.000000248. The quantitative estimate of drug-likeness (QED) is 0.388. The van der Waals surface area contributed by atoms with Crippen LogP contribution < -0.4 is 0 Å². The second-order valence-corrected chi connectivity index (χ2v) is 2.63. The minimum Gasteiger partial charge on any atom is 0 e. The van der Waals surface area contributed by atoms with Gasteiger partial charge < -0.3 is 0 Å². The molecule has 1 aromatic rings. The van der Waals surface area contributed by atoms with Crippen LogP contribution in [-0.4, -0.2) is 17.8 Å². The predicted octanol–water partition coefficient (Wildman–Crippen LogP) is 1.47. The maximum Gasteiger partial charge on any atom is 0 e. The molecule has 2 rings (SSSR count). The molecule has 17 heavy (non-hydrogen) atoms. The SMILES string of the molecule is C[N+]1=CCc2ccccc21.[C-]#[O+].[C-]#[O+].[C-]#[O+].[Cr]. The van der Waals surface area contributed by atoms with Crippen LogP contribution in [0.1, 0.15) is 5.56 Å². The molecule has 1 aliphatic rings. The monoisotopic (exact) mass is 268 g/mol. The van der Waals surface area contributed by atoms with E-state index in [0.29, 0.717) is 0 Å². The Hall–Kier alpha value is -1.36. The van der Waals surface area contributed by atoms with Crippen molar-refractivity contribution in [3.8, 4) is 0 Å². The van der Waals surface area contributed by atoms with E-state index in [-0.39, 0.29) is 17.4 Å². The zero-order valence-corrected chi connectivity index (χ0v) is 10.4. The third-order valence-corrected chi connectivity index (χ3v) is 1.96. The summed E-state index contributed by atoms with van der Waals surface area (Å²) in [7, 11) is 2.09. The number of hydrogen-bond acceptors (Lipinski definition) is 0. The van der Waals surface area contributed by atoms with Crippen LogP contribution in [-0.2, 0) is 37.7 Å². The molecule has 0 amide bonds.